The average molecular weight is 958 g/mol. The molecule has 0 aliphatic carbocycles. The monoisotopic (exact) mass is 958 g/mol. The maximum absolute atomic E-state index is 14.6. The Labute approximate surface area is 406 Å². The fourth-order valence-electron chi connectivity index (χ4n) is 8.04. The molecule has 1 heterocycles. The molecule has 1 aromatic heterocycles. The van der Waals surface area contributed by atoms with Crippen LogP contribution in [0, 0.1) is 0 Å². The second kappa shape index (κ2) is 18.7. The normalized spacial score (nSPS) is 14.2. The van der Waals surface area contributed by atoms with Crippen molar-refractivity contribution in [3.05, 3.63) is 118 Å². The van der Waals surface area contributed by atoms with Crippen LogP contribution >= 0.6 is 0 Å². The van der Waals surface area contributed by atoms with E-state index < -0.39 is 86.2 Å². The van der Waals surface area contributed by atoms with Crippen molar-refractivity contribution < 1.29 is 43.9 Å². The Morgan fingerprint density at radius 3 is 0.638 bits per heavy atom. The number of rotatable bonds is 9. The lowest BCUT2D eigenvalue weighted by Gasteiger charge is -2.28. The van der Waals surface area contributed by atoms with E-state index in [0.29, 0.717) is 47.1 Å². The van der Waals surface area contributed by atoms with E-state index in [0.717, 1.165) is 0 Å². The molecule has 15 nitrogen and oxygen atoms in total. The number of aromatic hydroxyl groups is 3. The molecule has 15 heteroatoms. The largest absolute Gasteiger partial charge is 0.507 e. The number of ether oxygens (including phenoxy) is 3. The number of carbonyl (C=O) groups is 3. The summed E-state index contributed by atoms with van der Waals surface area (Å²) < 4.78 is 18.9. The average Bonchev–Trinajstić information content (AvgIpc) is 3.15. The Bertz CT molecular complexity index is 2410. The van der Waals surface area contributed by atoms with Crippen LogP contribution in [0.4, 0.5) is 0 Å². The molecule has 0 saturated heterocycles. The molecule has 378 valence electrons. The molecule has 0 saturated carbocycles. The van der Waals surface area contributed by atoms with Gasteiger partial charge in [-0.15, -0.1) is 0 Å². The number of phenolic OH excluding ortho intramolecular Hbond substituents is 3. The fourth-order valence-corrected chi connectivity index (χ4v) is 8.04. The summed E-state index contributed by atoms with van der Waals surface area (Å²) in [7, 11) is 0. The van der Waals surface area contributed by atoms with E-state index in [2.05, 4.69) is 0 Å². The van der Waals surface area contributed by atoms with Gasteiger partial charge in [0.15, 0.2) is 18.7 Å². The summed E-state index contributed by atoms with van der Waals surface area (Å²) in [5.41, 5.74) is -5.00. The lowest BCUT2D eigenvalue weighted by molar-refractivity contribution is -0.00589. The molecule has 0 radical (unpaired) electrons. The molecule has 0 bridgehead atoms. The third-order valence-corrected chi connectivity index (χ3v) is 12.0. The third kappa shape index (κ3) is 11.7. The summed E-state index contributed by atoms with van der Waals surface area (Å²) in [6.07, 6.45) is -5.19. The van der Waals surface area contributed by atoms with Crippen LogP contribution in [-0.2, 0) is 46.7 Å². The van der Waals surface area contributed by atoms with Gasteiger partial charge in [-0.25, -0.2) is 42.5 Å². The molecule has 3 unspecified atom stereocenters. The first kappa shape index (κ1) is 55.5. The summed E-state index contributed by atoms with van der Waals surface area (Å²) in [5, 5.41) is 33.9. The highest BCUT2D eigenvalue weighted by Gasteiger charge is 2.35. The van der Waals surface area contributed by atoms with Crippen LogP contribution in [-0.4, -0.2) is 46.9 Å². The van der Waals surface area contributed by atoms with Gasteiger partial charge in [0.05, 0.1) is 16.7 Å². The lowest BCUT2D eigenvalue weighted by Crippen LogP contribution is -2.57. The minimum absolute atomic E-state index is 0.00554. The van der Waals surface area contributed by atoms with Gasteiger partial charge in [0.2, 0.25) is 0 Å². The second-order valence-corrected chi connectivity index (χ2v) is 24.2. The summed E-state index contributed by atoms with van der Waals surface area (Å²) in [6, 6.07) is 8.85. The molecular weight excluding hydrogens is 883 g/mol. The Hall–Kier alpha value is -6.12. The maximum Gasteiger partial charge on any atom is 0.342 e. The Morgan fingerprint density at radius 1 is 0.362 bits per heavy atom. The minimum Gasteiger partial charge on any atom is -0.507 e. The van der Waals surface area contributed by atoms with Crippen molar-refractivity contribution in [2.45, 2.75) is 197 Å². The molecule has 0 aliphatic rings. The van der Waals surface area contributed by atoms with Crippen LogP contribution in [0.3, 0.4) is 0 Å². The van der Waals surface area contributed by atoms with Crippen molar-refractivity contribution in [3.63, 3.8) is 0 Å². The van der Waals surface area contributed by atoms with Crippen molar-refractivity contribution >= 4 is 17.9 Å². The van der Waals surface area contributed by atoms with Crippen LogP contribution in [0.2, 0.25) is 0 Å². The summed E-state index contributed by atoms with van der Waals surface area (Å²) in [5.74, 6) is -2.90. The zero-order valence-electron chi connectivity index (χ0n) is 44.6. The van der Waals surface area contributed by atoms with E-state index in [-0.39, 0.29) is 33.9 Å². The Kier molecular flexibility index (Phi) is 15.0. The zero-order chi connectivity index (χ0) is 53.2. The molecule has 3 aromatic carbocycles. The van der Waals surface area contributed by atoms with Crippen molar-refractivity contribution in [2.24, 2.45) is 0 Å². The van der Waals surface area contributed by atoms with Crippen LogP contribution in [0.15, 0.2) is 50.8 Å². The number of nitrogens with zero attached hydrogens (tertiary/aromatic N) is 3. The van der Waals surface area contributed by atoms with E-state index in [9.17, 15) is 44.1 Å². The quantitative estimate of drug-likeness (QED) is 0.106. The molecule has 3 atom stereocenters. The van der Waals surface area contributed by atoms with Gasteiger partial charge < -0.3 is 29.5 Å². The number of hydrogen-bond acceptors (Lipinski definition) is 12. The van der Waals surface area contributed by atoms with E-state index in [4.69, 9.17) is 14.2 Å². The van der Waals surface area contributed by atoms with Crippen molar-refractivity contribution in [3.8, 4) is 17.2 Å². The molecule has 0 aliphatic heterocycles. The predicted molar refractivity (Wildman–Crippen MR) is 266 cm³/mol. The van der Waals surface area contributed by atoms with Gasteiger partial charge in [-0.2, -0.15) is 0 Å². The predicted octanol–water partition coefficient (Wildman–Crippen LogP) is 10.2. The smallest absolute Gasteiger partial charge is 0.342 e. The summed E-state index contributed by atoms with van der Waals surface area (Å²) >= 11 is 0. The first-order chi connectivity index (χ1) is 31.0. The number of phenols is 3. The van der Waals surface area contributed by atoms with Crippen molar-refractivity contribution in [1.29, 1.82) is 0 Å². The van der Waals surface area contributed by atoms with Crippen LogP contribution < -0.4 is 17.1 Å². The van der Waals surface area contributed by atoms with E-state index in [1.165, 1.54) is 57.2 Å². The minimum atomic E-state index is -1.73. The van der Waals surface area contributed by atoms with Crippen molar-refractivity contribution in [1.82, 2.24) is 13.7 Å². The van der Waals surface area contributed by atoms with Gasteiger partial charge in [0, 0.05) is 33.4 Å². The van der Waals surface area contributed by atoms with Gasteiger partial charge >= 0.3 is 35.0 Å². The third-order valence-electron chi connectivity index (χ3n) is 12.0. The van der Waals surface area contributed by atoms with Crippen LogP contribution in [0.1, 0.15) is 229 Å². The molecular formula is C54H75N3O12. The molecule has 4 rings (SSSR count). The van der Waals surface area contributed by atoms with Gasteiger partial charge in [0.1, 0.15) is 17.2 Å². The van der Waals surface area contributed by atoms with E-state index >= 15 is 0 Å². The van der Waals surface area contributed by atoms with Crippen LogP contribution in [0.5, 0.6) is 17.2 Å². The topological polar surface area (TPSA) is 206 Å². The SMILES string of the molecule is CC(OC(=O)c1cc(C(C)(C)C)c(O)c(C(C)(C)C)c1)n1c(=O)n(C(C)OC(=O)c2cc(C(C)(C)C)c(O)c(C(C)(C)C)c2)c(=O)n(C(C)OC(=O)c2cc(C(C)(C)C)c(O)c(C(C)(C)C)c2)c1=O. The van der Waals surface area contributed by atoms with Crippen molar-refractivity contribution in [2.75, 3.05) is 0 Å². The van der Waals surface area contributed by atoms with E-state index in [1.807, 2.05) is 125 Å². The number of hydrogen-bond donors (Lipinski definition) is 3. The number of aromatic nitrogens is 3. The zero-order valence-corrected chi connectivity index (χ0v) is 44.6. The fraction of sp³-hybridized carbons (Fsp3) is 0.556. The standard InChI is InChI=1S/C54H75N3O12/c1-28(67-43(61)31-22-34(49(4,5)6)40(58)35(23-31)50(7,8)9)55-46(64)56(29(2)68-44(62)32-24-36(51(10,11)12)41(59)37(25-32)52(13,14)15)48(66)57(47(55)65)30(3)69-45(63)33-26-38(53(16,17)18)42(60)39(27-33)54(19,20)21/h22-30,58-60H,1-21H3. The molecule has 0 fully saturated rings. The maximum atomic E-state index is 14.6. The number of benzene rings is 3. The Morgan fingerprint density at radius 2 is 0.507 bits per heavy atom. The lowest BCUT2D eigenvalue weighted by atomic mass is 9.78. The van der Waals surface area contributed by atoms with Gasteiger partial charge in [-0.3, -0.25) is 0 Å². The van der Waals surface area contributed by atoms with Gasteiger partial charge in [-0.1, -0.05) is 125 Å². The summed E-state index contributed by atoms with van der Waals surface area (Å²) in [6.45, 7) is 37.3. The first-order valence-electron chi connectivity index (χ1n) is 23.3. The molecule has 0 spiro atoms. The molecule has 3 N–H and O–H groups in total. The first-order valence-corrected chi connectivity index (χ1v) is 23.3. The van der Waals surface area contributed by atoms with E-state index in [1.54, 1.807) is 0 Å². The van der Waals surface area contributed by atoms with Gasteiger partial charge in [0.25, 0.3) is 0 Å². The number of esters is 3. The molecule has 0 amide bonds. The highest BCUT2D eigenvalue weighted by Crippen LogP contribution is 2.43. The van der Waals surface area contributed by atoms with Gasteiger partial charge in [-0.05, 0) is 89.7 Å². The second-order valence-electron chi connectivity index (χ2n) is 24.2. The number of carbonyl (C=O) groups excluding carboxylic acids is 3. The molecule has 4 aromatic rings. The highest BCUT2D eigenvalue weighted by molar-refractivity contribution is 5.92. The summed E-state index contributed by atoms with van der Waals surface area (Å²) in [4.78, 5) is 86.1. The highest BCUT2D eigenvalue weighted by atomic mass is 16.6. The Balaban J connectivity index is 1.96. The molecule has 69 heavy (non-hydrogen) atoms. The van der Waals surface area contributed by atoms with Crippen LogP contribution in [0.25, 0.3) is 0 Å².